The van der Waals surface area contributed by atoms with Crippen LogP contribution in [0.3, 0.4) is 0 Å². The highest BCUT2D eigenvalue weighted by Crippen LogP contribution is 2.41. The van der Waals surface area contributed by atoms with Crippen molar-refractivity contribution in [3.8, 4) is 33.6 Å². The van der Waals surface area contributed by atoms with Crippen molar-refractivity contribution in [2.75, 3.05) is 13.6 Å². The summed E-state index contributed by atoms with van der Waals surface area (Å²) in [6.07, 6.45) is 4.31. The molecule has 0 spiro atoms. The summed E-state index contributed by atoms with van der Waals surface area (Å²) in [6.45, 7) is 7.93. The van der Waals surface area contributed by atoms with Crippen LogP contribution in [0.25, 0.3) is 33.6 Å². The van der Waals surface area contributed by atoms with Gasteiger partial charge in [-0.05, 0) is 68.4 Å². The number of carboxylic acid groups (broad SMARTS) is 1. The lowest BCUT2D eigenvalue weighted by Gasteiger charge is -2.35. The number of aromatic amines is 2. The van der Waals surface area contributed by atoms with Crippen LogP contribution in [0.15, 0.2) is 91.3 Å². The maximum atomic E-state index is 12.5. The number of hydrogen-bond acceptors (Lipinski definition) is 5. The molecule has 5 aromatic rings. The van der Waals surface area contributed by atoms with Crippen molar-refractivity contribution in [1.29, 1.82) is 0 Å². The molecule has 2 atom stereocenters. The molecule has 1 saturated heterocycles. The molecule has 10 nitrogen and oxygen atoms in total. The molecule has 248 valence electrons. The summed E-state index contributed by atoms with van der Waals surface area (Å²) in [5.41, 5.74) is 5.56. The summed E-state index contributed by atoms with van der Waals surface area (Å²) < 4.78 is 5.50. The van der Waals surface area contributed by atoms with Crippen LogP contribution in [0.1, 0.15) is 63.8 Å². The highest BCUT2D eigenvalue weighted by Gasteiger charge is 2.47. The van der Waals surface area contributed by atoms with Crippen molar-refractivity contribution in [3.05, 3.63) is 108 Å². The Kier molecular flexibility index (Phi) is 8.83. The van der Waals surface area contributed by atoms with Gasteiger partial charge < -0.3 is 24.7 Å². The number of ether oxygens (including phenoxy) is 1. The highest BCUT2D eigenvalue weighted by molar-refractivity contribution is 5.72. The number of carbonyl (C=O) groups excluding carboxylic acids is 1. The van der Waals surface area contributed by atoms with E-state index in [1.54, 1.807) is 24.3 Å². The molecule has 3 aromatic carbocycles. The first kappa shape index (κ1) is 32.6. The maximum absolute atomic E-state index is 12.5. The van der Waals surface area contributed by atoms with E-state index in [1.165, 1.54) is 4.90 Å². The number of rotatable bonds is 8. The fourth-order valence-electron chi connectivity index (χ4n) is 6.36. The Morgan fingerprint density at radius 2 is 1.46 bits per heavy atom. The Morgan fingerprint density at radius 3 is 2.04 bits per heavy atom. The molecule has 0 bridgehead atoms. The average molecular weight is 647 g/mol. The quantitative estimate of drug-likeness (QED) is 0.156. The standard InChI is InChI=1S/C38H42N6O4/c1-25(43(5)36(47)48-37(2,3)4)33-39-23-31(41-33)29-16-12-27(13-17-29)28-14-18-30(19-15-28)32-24-40-34(42-32)38(20-9-21-44(38)35(45)46)22-26-10-7-6-8-11-26/h6-8,10-19,23-25H,9,20-22H2,1-5H3,(H,39,41)(H,40,42)(H,45,46)/t25-,38-/m0/s1. The van der Waals surface area contributed by atoms with Gasteiger partial charge in [-0.2, -0.15) is 0 Å². The first-order valence-corrected chi connectivity index (χ1v) is 16.3. The number of imidazole rings is 2. The monoisotopic (exact) mass is 646 g/mol. The van der Waals surface area contributed by atoms with Gasteiger partial charge in [0.15, 0.2) is 0 Å². The molecule has 0 aliphatic carbocycles. The van der Waals surface area contributed by atoms with Crippen LogP contribution < -0.4 is 0 Å². The molecular weight excluding hydrogens is 604 g/mol. The summed E-state index contributed by atoms with van der Waals surface area (Å²) in [4.78, 5) is 44.0. The normalized spacial score (nSPS) is 16.9. The zero-order valence-electron chi connectivity index (χ0n) is 28.0. The molecule has 3 N–H and O–H groups in total. The molecule has 6 rings (SSSR count). The van der Waals surface area contributed by atoms with Crippen LogP contribution in [0.4, 0.5) is 9.59 Å². The van der Waals surface area contributed by atoms with Gasteiger partial charge in [0.1, 0.15) is 22.8 Å². The second-order valence-corrected chi connectivity index (χ2v) is 13.5. The van der Waals surface area contributed by atoms with E-state index < -0.39 is 23.3 Å². The van der Waals surface area contributed by atoms with E-state index >= 15 is 0 Å². The van der Waals surface area contributed by atoms with Gasteiger partial charge in [-0.25, -0.2) is 19.6 Å². The van der Waals surface area contributed by atoms with Gasteiger partial charge in [0, 0.05) is 20.0 Å². The molecule has 48 heavy (non-hydrogen) atoms. The number of carbonyl (C=O) groups is 2. The third-order valence-corrected chi connectivity index (χ3v) is 9.05. The minimum Gasteiger partial charge on any atom is -0.465 e. The predicted octanol–water partition coefficient (Wildman–Crippen LogP) is 8.27. The predicted molar refractivity (Wildman–Crippen MR) is 185 cm³/mol. The smallest absolute Gasteiger partial charge is 0.410 e. The molecule has 0 radical (unpaired) electrons. The first-order chi connectivity index (χ1) is 22.9. The Labute approximate surface area is 280 Å². The van der Waals surface area contributed by atoms with Crippen LogP contribution in [0.5, 0.6) is 0 Å². The van der Waals surface area contributed by atoms with Crippen molar-refractivity contribution in [2.45, 2.75) is 64.1 Å². The number of H-pyrrole nitrogens is 2. The second-order valence-electron chi connectivity index (χ2n) is 13.5. The van der Waals surface area contributed by atoms with E-state index in [1.807, 2.05) is 70.2 Å². The number of nitrogens with zero attached hydrogens (tertiary/aromatic N) is 4. The van der Waals surface area contributed by atoms with Crippen LogP contribution in [-0.4, -0.2) is 66.2 Å². The molecule has 1 aliphatic heterocycles. The summed E-state index contributed by atoms with van der Waals surface area (Å²) in [6, 6.07) is 26.2. The zero-order valence-corrected chi connectivity index (χ0v) is 28.0. The average Bonchev–Trinajstić information content (AvgIpc) is 3.85. The molecule has 3 heterocycles. The van der Waals surface area contributed by atoms with Crippen molar-refractivity contribution >= 4 is 12.2 Å². The van der Waals surface area contributed by atoms with E-state index in [9.17, 15) is 14.7 Å². The Balaban J connectivity index is 1.16. The highest BCUT2D eigenvalue weighted by atomic mass is 16.6. The number of nitrogens with one attached hydrogen (secondary N) is 2. The first-order valence-electron chi connectivity index (χ1n) is 16.3. The number of hydrogen-bond donors (Lipinski definition) is 3. The zero-order chi connectivity index (χ0) is 34.1. The Hall–Kier alpha value is -5.38. The van der Waals surface area contributed by atoms with Gasteiger partial charge >= 0.3 is 12.2 Å². The van der Waals surface area contributed by atoms with Gasteiger partial charge in [0.05, 0.1) is 29.8 Å². The van der Waals surface area contributed by atoms with Gasteiger partial charge in [-0.1, -0.05) is 78.9 Å². The topological polar surface area (TPSA) is 127 Å². The minimum absolute atomic E-state index is 0.291. The van der Waals surface area contributed by atoms with Crippen LogP contribution >= 0.6 is 0 Å². The van der Waals surface area contributed by atoms with Gasteiger partial charge in [-0.15, -0.1) is 0 Å². The number of likely N-dealkylation sites (tertiary alicyclic amines) is 1. The lowest BCUT2D eigenvalue weighted by molar-refractivity contribution is 0.0227. The lowest BCUT2D eigenvalue weighted by atomic mass is 9.87. The van der Waals surface area contributed by atoms with Crippen molar-refractivity contribution in [3.63, 3.8) is 0 Å². The molecule has 1 aliphatic rings. The third kappa shape index (κ3) is 6.69. The van der Waals surface area contributed by atoms with Gasteiger partial charge in [0.2, 0.25) is 0 Å². The molecular formula is C38H42N6O4. The summed E-state index contributed by atoms with van der Waals surface area (Å²) >= 11 is 0. The SMILES string of the molecule is C[C@@H](c1ncc(-c2ccc(-c3ccc(-c4cnc([C@@]5(Cc6ccccc6)CCCN5C(=O)O)[nH]4)cc3)cc2)[nH]1)N(C)C(=O)OC(C)(C)C. The van der Waals surface area contributed by atoms with E-state index in [0.29, 0.717) is 31.0 Å². The molecule has 1 fully saturated rings. The fraction of sp³-hybridized carbons (Fsp3) is 0.316. The number of amides is 2. The van der Waals surface area contributed by atoms with E-state index in [2.05, 4.69) is 51.4 Å². The van der Waals surface area contributed by atoms with Crippen molar-refractivity contribution in [1.82, 2.24) is 29.7 Å². The third-order valence-electron chi connectivity index (χ3n) is 9.05. The van der Waals surface area contributed by atoms with Gasteiger partial charge in [-0.3, -0.25) is 4.90 Å². The fourth-order valence-corrected chi connectivity index (χ4v) is 6.36. The van der Waals surface area contributed by atoms with E-state index in [4.69, 9.17) is 9.72 Å². The van der Waals surface area contributed by atoms with Crippen LogP contribution in [0, 0.1) is 0 Å². The van der Waals surface area contributed by atoms with Crippen LogP contribution in [-0.2, 0) is 16.7 Å². The Bertz CT molecular complexity index is 1870. The molecule has 2 aromatic heterocycles. The Morgan fingerprint density at radius 1 is 0.896 bits per heavy atom. The molecule has 0 unspecified atom stereocenters. The largest absolute Gasteiger partial charge is 0.465 e. The number of benzene rings is 3. The molecule has 2 amide bonds. The maximum Gasteiger partial charge on any atom is 0.410 e. The summed E-state index contributed by atoms with van der Waals surface area (Å²) in [5.74, 6) is 1.35. The minimum atomic E-state index is -0.926. The summed E-state index contributed by atoms with van der Waals surface area (Å²) in [5, 5.41) is 10.1. The van der Waals surface area contributed by atoms with Crippen molar-refractivity contribution in [2.24, 2.45) is 0 Å². The lowest BCUT2D eigenvalue weighted by Crippen LogP contribution is -2.46. The van der Waals surface area contributed by atoms with Crippen molar-refractivity contribution < 1.29 is 19.4 Å². The van der Waals surface area contributed by atoms with Gasteiger partial charge in [0.25, 0.3) is 0 Å². The van der Waals surface area contributed by atoms with E-state index in [0.717, 1.165) is 45.6 Å². The molecule has 0 saturated carbocycles. The van der Waals surface area contributed by atoms with Crippen LogP contribution in [0.2, 0.25) is 0 Å². The van der Waals surface area contributed by atoms with E-state index in [-0.39, 0.29) is 6.04 Å². The number of aromatic nitrogens is 4. The molecule has 10 heteroatoms. The summed E-state index contributed by atoms with van der Waals surface area (Å²) in [7, 11) is 1.71. The second kappa shape index (κ2) is 13.0.